The molecule has 132 valence electrons. The summed E-state index contributed by atoms with van der Waals surface area (Å²) < 4.78 is 24.2. The minimum Gasteiger partial charge on any atom is -0.273 e. The molecule has 2 aromatic rings. The molecule has 0 spiro atoms. The van der Waals surface area contributed by atoms with Crippen LogP contribution in [0.15, 0.2) is 59.5 Å². The molecule has 6 nitrogen and oxygen atoms in total. The van der Waals surface area contributed by atoms with E-state index in [-0.39, 0.29) is 29.4 Å². The lowest BCUT2D eigenvalue weighted by molar-refractivity contribution is -0.128. The van der Waals surface area contributed by atoms with Crippen molar-refractivity contribution in [1.82, 2.24) is 10.9 Å². The Morgan fingerprint density at radius 1 is 0.880 bits per heavy atom. The zero-order valence-electron chi connectivity index (χ0n) is 13.2. The van der Waals surface area contributed by atoms with Gasteiger partial charge in [-0.2, -0.15) is 0 Å². The monoisotopic (exact) mass is 380 g/mol. The van der Waals surface area contributed by atoms with Crippen LogP contribution < -0.4 is 10.9 Å². The molecule has 0 aliphatic rings. The maximum absolute atomic E-state index is 12.1. The predicted molar refractivity (Wildman–Crippen MR) is 94.6 cm³/mol. The Labute approximate surface area is 151 Å². The smallest absolute Gasteiger partial charge is 0.242 e. The number of hydrazine groups is 1. The average Bonchev–Trinajstić information content (AvgIpc) is 2.59. The second-order valence-corrected chi connectivity index (χ2v) is 7.83. The highest BCUT2D eigenvalue weighted by molar-refractivity contribution is 7.91. The van der Waals surface area contributed by atoms with Crippen molar-refractivity contribution in [2.24, 2.45) is 0 Å². The van der Waals surface area contributed by atoms with Crippen LogP contribution in [0.1, 0.15) is 12.0 Å². The Morgan fingerprint density at radius 2 is 1.48 bits per heavy atom. The van der Waals surface area contributed by atoms with Crippen molar-refractivity contribution >= 4 is 33.3 Å². The second kappa shape index (κ2) is 8.64. The molecule has 2 amide bonds. The Hall–Kier alpha value is -2.38. The number of hydrogen-bond donors (Lipinski definition) is 2. The fourth-order valence-electron chi connectivity index (χ4n) is 2.01. The number of nitrogens with one attached hydrogen (secondary N) is 2. The predicted octanol–water partition coefficient (Wildman–Crippen LogP) is 1.89. The third-order valence-corrected chi connectivity index (χ3v) is 5.30. The first-order valence-corrected chi connectivity index (χ1v) is 9.50. The number of amides is 2. The molecule has 2 N–H and O–H groups in total. The van der Waals surface area contributed by atoms with Crippen LogP contribution in [0.2, 0.25) is 5.02 Å². The fourth-order valence-corrected chi connectivity index (χ4v) is 3.38. The van der Waals surface area contributed by atoms with Crippen LogP contribution in [0.25, 0.3) is 0 Å². The standard InChI is InChI=1S/C17H17ClN2O4S/c18-14-6-8-15(9-7-14)25(23,24)11-10-16(21)19-20-17(22)12-13-4-2-1-3-5-13/h1-9H,10-12H2,(H,19,21)(H,20,22). The number of benzene rings is 2. The highest BCUT2D eigenvalue weighted by Crippen LogP contribution is 2.15. The van der Waals surface area contributed by atoms with E-state index < -0.39 is 15.7 Å². The first-order chi connectivity index (χ1) is 11.9. The van der Waals surface area contributed by atoms with Gasteiger partial charge in [0.2, 0.25) is 11.8 Å². The van der Waals surface area contributed by atoms with E-state index in [4.69, 9.17) is 11.6 Å². The van der Waals surface area contributed by atoms with Crippen LogP contribution in [0, 0.1) is 0 Å². The normalized spacial score (nSPS) is 10.9. The average molecular weight is 381 g/mol. The Kier molecular flexibility index (Phi) is 6.55. The number of carbonyl (C=O) groups excluding carboxylic acids is 2. The zero-order chi connectivity index (χ0) is 18.3. The van der Waals surface area contributed by atoms with E-state index in [1.807, 2.05) is 18.2 Å². The van der Waals surface area contributed by atoms with Gasteiger partial charge in [-0.15, -0.1) is 0 Å². The van der Waals surface area contributed by atoms with Crippen molar-refractivity contribution in [3.05, 3.63) is 65.2 Å². The summed E-state index contributed by atoms with van der Waals surface area (Å²) in [4.78, 5) is 23.5. The first kappa shape index (κ1) is 19.0. The lowest BCUT2D eigenvalue weighted by Gasteiger charge is -2.08. The van der Waals surface area contributed by atoms with Gasteiger partial charge in [-0.3, -0.25) is 20.4 Å². The van der Waals surface area contributed by atoms with E-state index in [9.17, 15) is 18.0 Å². The summed E-state index contributed by atoms with van der Waals surface area (Å²) in [5.74, 6) is -1.34. The van der Waals surface area contributed by atoms with E-state index >= 15 is 0 Å². The fraction of sp³-hybridized carbons (Fsp3) is 0.176. The first-order valence-electron chi connectivity index (χ1n) is 7.47. The molecule has 0 aliphatic carbocycles. The van der Waals surface area contributed by atoms with E-state index in [1.165, 1.54) is 24.3 Å². The van der Waals surface area contributed by atoms with Crippen LogP contribution in [0.4, 0.5) is 0 Å². The van der Waals surface area contributed by atoms with Gasteiger partial charge in [0.15, 0.2) is 9.84 Å². The largest absolute Gasteiger partial charge is 0.273 e. The van der Waals surface area contributed by atoms with Gasteiger partial charge in [-0.1, -0.05) is 41.9 Å². The molecule has 0 saturated heterocycles. The van der Waals surface area contributed by atoms with Crippen molar-refractivity contribution < 1.29 is 18.0 Å². The Morgan fingerprint density at radius 3 is 2.12 bits per heavy atom. The van der Waals surface area contributed by atoms with Crippen molar-refractivity contribution in [2.45, 2.75) is 17.7 Å². The van der Waals surface area contributed by atoms with Crippen molar-refractivity contribution in [1.29, 1.82) is 0 Å². The molecule has 0 aromatic heterocycles. The lowest BCUT2D eigenvalue weighted by atomic mass is 10.1. The van der Waals surface area contributed by atoms with Crippen LogP contribution in [-0.4, -0.2) is 26.0 Å². The molecule has 0 fully saturated rings. The van der Waals surface area contributed by atoms with Crippen molar-refractivity contribution in [3.63, 3.8) is 0 Å². The molecule has 0 bridgehead atoms. The van der Waals surface area contributed by atoms with E-state index in [2.05, 4.69) is 10.9 Å². The third kappa shape index (κ3) is 6.21. The molecular formula is C17H17ClN2O4S. The minimum atomic E-state index is -3.59. The Balaban J connectivity index is 1.78. The van der Waals surface area contributed by atoms with Crippen LogP contribution >= 0.6 is 11.6 Å². The summed E-state index contributed by atoms with van der Waals surface area (Å²) >= 11 is 5.72. The summed E-state index contributed by atoms with van der Waals surface area (Å²) in [6, 6.07) is 14.8. The third-order valence-electron chi connectivity index (χ3n) is 3.32. The van der Waals surface area contributed by atoms with Gasteiger partial charge in [-0.25, -0.2) is 8.42 Å². The van der Waals surface area contributed by atoms with E-state index in [0.717, 1.165) is 5.56 Å². The maximum Gasteiger partial charge on any atom is 0.242 e. The molecule has 0 radical (unpaired) electrons. The molecule has 0 saturated carbocycles. The zero-order valence-corrected chi connectivity index (χ0v) is 14.8. The molecular weight excluding hydrogens is 364 g/mol. The van der Waals surface area contributed by atoms with Crippen molar-refractivity contribution in [2.75, 3.05) is 5.75 Å². The molecule has 2 aromatic carbocycles. The second-order valence-electron chi connectivity index (χ2n) is 5.28. The van der Waals surface area contributed by atoms with Gasteiger partial charge >= 0.3 is 0 Å². The van der Waals surface area contributed by atoms with E-state index in [1.54, 1.807) is 12.1 Å². The Bertz CT molecular complexity index is 837. The summed E-state index contributed by atoms with van der Waals surface area (Å²) in [6.45, 7) is 0. The van der Waals surface area contributed by atoms with Crippen LogP contribution in [0.5, 0.6) is 0 Å². The molecule has 0 heterocycles. The van der Waals surface area contributed by atoms with Gasteiger partial charge in [0.25, 0.3) is 0 Å². The van der Waals surface area contributed by atoms with Gasteiger partial charge in [0.1, 0.15) is 0 Å². The minimum absolute atomic E-state index is 0.0952. The molecule has 0 aliphatic heterocycles. The highest BCUT2D eigenvalue weighted by Gasteiger charge is 2.16. The van der Waals surface area contributed by atoms with Crippen molar-refractivity contribution in [3.8, 4) is 0 Å². The SMILES string of the molecule is O=C(CCS(=O)(=O)c1ccc(Cl)cc1)NNC(=O)Cc1ccccc1. The van der Waals surface area contributed by atoms with Crippen LogP contribution in [-0.2, 0) is 25.8 Å². The number of hydrogen-bond acceptors (Lipinski definition) is 4. The number of carbonyl (C=O) groups is 2. The number of rotatable bonds is 6. The molecule has 0 atom stereocenters. The van der Waals surface area contributed by atoms with E-state index in [0.29, 0.717) is 5.02 Å². The molecule has 0 unspecified atom stereocenters. The van der Waals surface area contributed by atoms with Gasteiger partial charge in [0.05, 0.1) is 17.1 Å². The quantitative estimate of drug-likeness (QED) is 0.748. The summed E-state index contributed by atoms with van der Waals surface area (Å²) in [6.07, 6.45) is -0.152. The molecule has 2 rings (SSSR count). The van der Waals surface area contributed by atoms with Gasteiger partial charge < -0.3 is 0 Å². The number of sulfone groups is 1. The highest BCUT2D eigenvalue weighted by atomic mass is 35.5. The summed E-state index contributed by atoms with van der Waals surface area (Å²) in [7, 11) is -3.59. The number of halogens is 1. The lowest BCUT2D eigenvalue weighted by Crippen LogP contribution is -2.42. The summed E-state index contributed by atoms with van der Waals surface area (Å²) in [5.41, 5.74) is 5.28. The topological polar surface area (TPSA) is 92.3 Å². The van der Waals surface area contributed by atoms with Crippen LogP contribution in [0.3, 0.4) is 0 Å². The van der Waals surface area contributed by atoms with Gasteiger partial charge in [0, 0.05) is 11.4 Å². The molecule has 8 heteroatoms. The summed E-state index contributed by atoms with van der Waals surface area (Å²) in [5, 5.41) is 0.429. The molecule has 25 heavy (non-hydrogen) atoms. The maximum atomic E-state index is 12.1. The van der Waals surface area contributed by atoms with Gasteiger partial charge in [-0.05, 0) is 29.8 Å².